The highest BCUT2D eigenvalue weighted by Crippen LogP contribution is 2.36. The number of hydrogen-bond donors (Lipinski definition) is 2. The van der Waals surface area contributed by atoms with E-state index in [-0.39, 0.29) is 53.4 Å². The molecule has 0 heterocycles. The number of benzene rings is 1. The second kappa shape index (κ2) is 13.4. The second-order valence-corrected chi connectivity index (χ2v) is 13.9. The highest BCUT2D eigenvalue weighted by molar-refractivity contribution is 5.78. The van der Waals surface area contributed by atoms with E-state index in [9.17, 15) is 24.3 Å². The van der Waals surface area contributed by atoms with Crippen LogP contribution in [0.1, 0.15) is 106 Å². The van der Waals surface area contributed by atoms with Gasteiger partial charge >= 0.3 is 23.9 Å². The molecule has 0 saturated carbocycles. The molecule has 39 heavy (non-hydrogen) atoms. The minimum absolute atomic E-state index is 0.0102. The Kier molecular flexibility index (Phi) is 11.7. The Morgan fingerprint density at radius 2 is 1.21 bits per heavy atom. The van der Waals surface area contributed by atoms with Gasteiger partial charge in [-0.25, -0.2) is 0 Å². The smallest absolute Gasteiger partial charge is 0.321 e. The molecule has 0 saturated heterocycles. The van der Waals surface area contributed by atoms with Crippen molar-refractivity contribution >= 4 is 23.9 Å². The van der Waals surface area contributed by atoms with E-state index in [0.717, 1.165) is 0 Å². The third kappa shape index (κ3) is 13.6. The van der Waals surface area contributed by atoms with E-state index in [1.165, 1.54) is 12.1 Å². The van der Waals surface area contributed by atoms with Gasteiger partial charge in [-0.15, -0.1) is 0 Å². The molecule has 0 aliphatic heterocycles. The van der Waals surface area contributed by atoms with E-state index < -0.39 is 41.9 Å². The Morgan fingerprint density at radius 1 is 0.769 bits per heavy atom. The van der Waals surface area contributed by atoms with Gasteiger partial charge in [0.25, 0.3) is 0 Å². The van der Waals surface area contributed by atoms with Gasteiger partial charge in [0.1, 0.15) is 6.04 Å². The molecule has 0 aliphatic rings. The Morgan fingerprint density at radius 3 is 1.64 bits per heavy atom. The fraction of sp³-hybridized carbons (Fsp3) is 0.667. The fourth-order valence-electron chi connectivity index (χ4n) is 3.87. The Labute approximate surface area is 232 Å². The summed E-state index contributed by atoms with van der Waals surface area (Å²) in [6.45, 7) is 18.8. The van der Waals surface area contributed by atoms with Crippen molar-refractivity contribution in [2.24, 2.45) is 22.0 Å². The third-order valence-corrected chi connectivity index (χ3v) is 5.50. The maximum atomic E-state index is 12.7. The molecular formula is C30H47NO8. The summed E-state index contributed by atoms with van der Waals surface area (Å²) in [7, 11) is 0. The molecule has 0 aromatic heterocycles. The molecule has 0 radical (unpaired) electrons. The van der Waals surface area contributed by atoms with Gasteiger partial charge in [-0.2, -0.15) is 0 Å². The zero-order valence-corrected chi connectivity index (χ0v) is 25.2. The van der Waals surface area contributed by atoms with Crippen molar-refractivity contribution in [3.8, 4) is 11.5 Å². The van der Waals surface area contributed by atoms with Gasteiger partial charge in [0.2, 0.25) is 0 Å². The lowest BCUT2D eigenvalue weighted by Crippen LogP contribution is -2.38. The summed E-state index contributed by atoms with van der Waals surface area (Å²) in [5.41, 5.74) is 5.57. The molecule has 0 spiro atoms. The molecule has 2 unspecified atom stereocenters. The standard InChI is InChI=1S/C30H47NO8/c1-18(37-23(32)15-28(2,3)4)13-20(26(31)27(35)36)19-11-12-21(38-24(33)16-29(5,6)7)22(14-19)39-25(34)17-30(8,9)10/h11-12,14,18,20,26H,13,15-17,31H2,1-10H3,(H,35,36)/t18?,20?,26-/m0/s1. The monoisotopic (exact) mass is 549 g/mol. The van der Waals surface area contributed by atoms with Crippen molar-refractivity contribution in [3.63, 3.8) is 0 Å². The largest absolute Gasteiger partial charge is 0.480 e. The first-order valence-corrected chi connectivity index (χ1v) is 13.3. The summed E-state index contributed by atoms with van der Waals surface area (Å²) >= 11 is 0. The van der Waals surface area contributed by atoms with E-state index in [0.29, 0.717) is 5.56 Å². The minimum atomic E-state index is -1.33. The van der Waals surface area contributed by atoms with Crippen LogP contribution in [0, 0.1) is 16.2 Å². The van der Waals surface area contributed by atoms with E-state index in [1.54, 1.807) is 13.0 Å². The van der Waals surface area contributed by atoms with Crippen LogP contribution in [-0.2, 0) is 23.9 Å². The SMILES string of the molecule is CC(CC(c1ccc(OC(=O)CC(C)(C)C)c(OC(=O)CC(C)(C)C)c1)[C@H](N)C(=O)O)OC(=O)CC(C)(C)C. The first kappa shape index (κ1) is 34.1. The zero-order chi connectivity index (χ0) is 30.3. The molecule has 1 aromatic rings. The molecule has 0 fully saturated rings. The minimum Gasteiger partial charge on any atom is -0.480 e. The van der Waals surface area contributed by atoms with E-state index >= 15 is 0 Å². The molecule has 1 aromatic carbocycles. The first-order valence-electron chi connectivity index (χ1n) is 13.3. The number of carbonyl (C=O) groups is 4. The number of carboxylic acid groups (broad SMARTS) is 1. The highest BCUT2D eigenvalue weighted by atomic mass is 16.6. The molecule has 3 N–H and O–H groups in total. The Bertz CT molecular complexity index is 1030. The van der Waals surface area contributed by atoms with Crippen LogP contribution in [0.15, 0.2) is 18.2 Å². The average molecular weight is 550 g/mol. The number of esters is 3. The molecule has 220 valence electrons. The Balaban J connectivity index is 3.39. The predicted molar refractivity (Wildman–Crippen MR) is 148 cm³/mol. The van der Waals surface area contributed by atoms with Gasteiger partial charge in [-0.05, 0) is 47.3 Å². The highest BCUT2D eigenvalue weighted by Gasteiger charge is 2.31. The molecule has 9 nitrogen and oxygen atoms in total. The summed E-state index contributed by atoms with van der Waals surface area (Å²) in [5.74, 6) is -3.42. The van der Waals surface area contributed by atoms with Gasteiger partial charge in [-0.1, -0.05) is 68.4 Å². The topological polar surface area (TPSA) is 142 Å². The van der Waals surface area contributed by atoms with Crippen molar-refractivity contribution in [1.82, 2.24) is 0 Å². The van der Waals surface area contributed by atoms with Crippen LogP contribution >= 0.6 is 0 Å². The zero-order valence-electron chi connectivity index (χ0n) is 25.2. The normalized spacial score (nSPS) is 14.6. The van der Waals surface area contributed by atoms with Crippen molar-refractivity contribution in [2.45, 2.75) is 113 Å². The fourth-order valence-corrected chi connectivity index (χ4v) is 3.87. The number of aliphatic carboxylic acids is 1. The summed E-state index contributed by atoms with van der Waals surface area (Å²) < 4.78 is 16.7. The predicted octanol–water partition coefficient (Wildman–Crippen LogP) is 5.62. The van der Waals surface area contributed by atoms with Gasteiger partial charge in [0, 0.05) is 5.92 Å². The molecule has 9 heteroatoms. The van der Waals surface area contributed by atoms with Crippen molar-refractivity contribution in [2.75, 3.05) is 0 Å². The maximum absolute atomic E-state index is 12.7. The van der Waals surface area contributed by atoms with Gasteiger partial charge < -0.3 is 25.1 Å². The molecule has 0 amide bonds. The Hall–Kier alpha value is -2.94. The summed E-state index contributed by atoms with van der Waals surface area (Å²) in [5, 5.41) is 9.70. The van der Waals surface area contributed by atoms with Crippen molar-refractivity contribution in [3.05, 3.63) is 23.8 Å². The quantitative estimate of drug-likeness (QED) is 0.265. The number of carboxylic acids is 1. The number of nitrogens with two attached hydrogens (primary N) is 1. The summed E-state index contributed by atoms with van der Waals surface area (Å²) in [4.78, 5) is 49.5. The number of ether oxygens (including phenoxy) is 3. The van der Waals surface area contributed by atoms with Crippen LogP contribution in [0.4, 0.5) is 0 Å². The summed E-state index contributed by atoms with van der Waals surface area (Å²) in [6, 6.07) is 3.18. The number of rotatable bonds is 11. The van der Waals surface area contributed by atoms with E-state index in [4.69, 9.17) is 19.9 Å². The van der Waals surface area contributed by atoms with Crippen LogP contribution < -0.4 is 15.2 Å². The van der Waals surface area contributed by atoms with Crippen LogP contribution in [0.5, 0.6) is 11.5 Å². The maximum Gasteiger partial charge on any atom is 0.321 e. The van der Waals surface area contributed by atoms with Crippen LogP contribution in [0.3, 0.4) is 0 Å². The van der Waals surface area contributed by atoms with E-state index in [1.807, 2.05) is 62.3 Å². The summed E-state index contributed by atoms with van der Waals surface area (Å²) in [6.07, 6.45) is -0.0804. The van der Waals surface area contributed by atoms with Crippen molar-refractivity contribution < 1.29 is 38.5 Å². The van der Waals surface area contributed by atoms with Crippen LogP contribution in [0.2, 0.25) is 0 Å². The molecule has 1 rings (SSSR count). The van der Waals surface area contributed by atoms with Gasteiger partial charge in [-0.3, -0.25) is 19.2 Å². The lowest BCUT2D eigenvalue weighted by Gasteiger charge is -2.26. The average Bonchev–Trinajstić information content (AvgIpc) is 2.68. The lowest BCUT2D eigenvalue weighted by atomic mass is 9.86. The van der Waals surface area contributed by atoms with Gasteiger partial charge in [0.15, 0.2) is 11.5 Å². The number of carbonyl (C=O) groups excluding carboxylic acids is 3. The second-order valence-electron chi connectivity index (χ2n) is 13.9. The third-order valence-electron chi connectivity index (χ3n) is 5.50. The number of hydrogen-bond acceptors (Lipinski definition) is 8. The molecule has 0 aliphatic carbocycles. The first-order chi connectivity index (χ1) is 17.6. The van der Waals surface area contributed by atoms with Crippen LogP contribution in [-0.4, -0.2) is 41.1 Å². The van der Waals surface area contributed by atoms with E-state index in [2.05, 4.69) is 0 Å². The molecule has 3 atom stereocenters. The molecule has 0 bridgehead atoms. The van der Waals surface area contributed by atoms with Crippen LogP contribution in [0.25, 0.3) is 0 Å². The van der Waals surface area contributed by atoms with Crippen molar-refractivity contribution in [1.29, 1.82) is 0 Å². The van der Waals surface area contributed by atoms with Gasteiger partial charge in [0.05, 0.1) is 25.4 Å². The lowest BCUT2D eigenvalue weighted by molar-refractivity contribution is -0.151. The molecular weight excluding hydrogens is 502 g/mol.